The highest BCUT2D eigenvalue weighted by molar-refractivity contribution is 6.39. The molecule has 2 aromatic carbocycles. The number of carbonyl (C=O) groups is 2. The van der Waals surface area contributed by atoms with Crippen LogP contribution in [0.15, 0.2) is 36.4 Å². The van der Waals surface area contributed by atoms with Gasteiger partial charge >= 0.3 is 11.8 Å². The molecule has 2 amide bonds. The molecule has 0 aliphatic rings. The smallest absolute Gasteiger partial charge is 0.313 e. The quantitative estimate of drug-likeness (QED) is 0.675. The number of aryl methyl sites for hydroxylation is 2. The Labute approximate surface area is 158 Å². The number of methoxy groups -OCH3 is 2. The van der Waals surface area contributed by atoms with Crippen molar-refractivity contribution in [2.24, 2.45) is 0 Å². The fraction of sp³-hybridized carbons (Fsp3) is 0.300. The van der Waals surface area contributed by atoms with Gasteiger partial charge in [-0.25, -0.2) is 0 Å². The van der Waals surface area contributed by atoms with Gasteiger partial charge in [0.25, 0.3) is 0 Å². The maximum atomic E-state index is 12.1. The van der Waals surface area contributed by atoms with Gasteiger partial charge in [0.15, 0.2) is 11.5 Å². The number of aliphatic hydroxyl groups excluding tert-OH is 1. The van der Waals surface area contributed by atoms with Crippen LogP contribution in [0.1, 0.15) is 22.8 Å². The van der Waals surface area contributed by atoms with Crippen molar-refractivity contribution < 1.29 is 24.2 Å². The van der Waals surface area contributed by atoms with Gasteiger partial charge in [0.1, 0.15) is 0 Å². The normalized spacial score (nSPS) is 11.4. The van der Waals surface area contributed by atoms with Gasteiger partial charge in [-0.3, -0.25) is 9.59 Å². The van der Waals surface area contributed by atoms with E-state index in [0.717, 1.165) is 11.1 Å². The van der Waals surface area contributed by atoms with Crippen molar-refractivity contribution in [1.29, 1.82) is 0 Å². The van der Waals surface area contributed by atoms with Crippen LogP contribution in [0.25, 0.3) is 0 Å². The van der Waals surface area contributed by atoms with Crippen LogP contribution >= 0.6 is 0 Å². The Kier molecular flexibility index (Phi) is 6.79. The number of anilines is 1. The van der Waals surface area contributed by atoms with E-state index in [-0.39, 0.29) is 6.54 Å². The Balaban J connectivity index is 1.96. The van der Waals surface area contributed by atoms with Crippen LogP contribution in [-0.2, 0) is 9.59 Å². The molecular weight excluding hydrogens is 348 g/mol. The van der Waals surface area contributed by atoms with E-state index in [9.17, 15) is 14.7 Å². The average Bonchev–Trinajstić information content (AvgIpc) is 2.67. The van der Waals surface area contributed by atoms with Crippen LogP contribution in [0.4, 0.5) is 5.69 Å². The summed E-state index contributed by atoms with van der Waals surface area (Å²) in [6, 6.07) is 10.5. The molecule has 7 nitrogen and oxygen atoms in total. The maximum Gasteiger partial charge on any atom is 0.313 e. The number of aliphatic hydroxyl groups is 1. The van der Waals surface area contributed by atoms with Gasteiger partial charge in [-0.2, -0.15) is 0 Å². The topological polar surface area (TPSA) is 96.9 Å². The molecule has 0 spiro atoms. The van der Waals surface area contributed by atoms with Gasteiger partial charge in [-0.05, 0) is 48.7 Å². The van der Waals surface area contributed by atoms with E-state index in [1.807, 2.05) is 26.0 Å². The second-order valence-electron chi connectivity index (χ2n) is 6.11. The number of hydrogen-bond acceptors (Lipinski definition) is 5. The molecule has 0 bridgehead atoms. The molecule has 7 heteroatoms. The van der Waals surface area contributed by atoms with Gasteiger partial charge < -0.3 is 25.2 Å². The number of ether oxygens (including phenoxy) is 2. The number of nitrogens with one attached hydrogen (secondary N) is 2. The maximum absolute atomic E-state index is 12.1. The first kappa shape index (κ1) is 20.3. The standard InChI is InChI=1S/C20H24N2O5/c1-12-5-6-13(2)15(9-12)22-20(25)19(24)21-11-16(23)14-7-8-17(26-3)18(10-14)27-4/h5-10,16,23H,11H2,1-4H3,(H,21,24)(H,22,25). The SMILES string of the molecule is COc1ccc(C(O)CNC(=O)C(=O)Nc2cc(C)ccc2C)cc1OC. The molecule has 1 unspecified atom stereocenters. The van der Waals surface area contributed by atoms with E-state index in [4.69, 9.17) is 9.47 Å². The number of rotatable bonds is 6. The van der Waals surface area contributed by atoms with Crippen LogP contribution < -0.4 is 20.1 Å². The van der Waals surface area contributed by atoms with E-state index >= 15 is 0 Å². The summed E-state index contributed by atoms with van der Waals surface area (Å²) in [4.78, 5) is 24.1. The molecule has 0 aromatic heterocycles. The Morgan fingerprint density at radius 1 is 1.00 bits per heavy atom. The van der Waals surface area contributed by atoms with Gasteiger partial charge in [-0.15, -0.1) is 0 Å². The second-order valence-corrected chi connectivity index (χ2v) is 6.11. The molecule has 1 atom stereocenters. The zero-order chi connectivity index (χ0) is 20.0. The lowest BCUT2D eigenvalue weighted by Crippen LogP contribution is -2.37. The number of benzene rings is 2. The van der Waals surface area contributed by atoms with Crippen LogP contribution in [-0.4, -0.2) is 37.7 Å². The number of carbonyl (C=O) groups excluding carboxylic acids is 2. The molecule has 27 heavy (non-hydrogen) atoms. The highest BCUT2D eigenvalue weighted by Gasteiger charge is 2.18. The van der Waals surface area contributed by atoms with E-state index in [1.165, 1.54) is 14.2 Å². The summed E-state index contributed by atoms with van der Waals surface area (Å²) in [5, 5.41) is 15.3. The van der Waals surface area contributed by atoms with Crippen molar-refractivity contribution in [2.45, 2.75) is 20.0 Å². The third kappa shape index (κ3) is 5.21. The summed E-state index contributed by atoms with van der Waals surface area (Å²) >= 11 is 0. The number of hydrogen-bond donors (Lipinski definition) is 3. The van der Waals surface area contributed by atoms with Crippen molar-refractivity contribution in [3.05, 3.63) is 53.1 Å². The monoisotopic (exact) mass is 372 g/mol. The molecule has 0 aliphatic carbocycles. The summed E-state index contributed by atoms with van der Waals surface area (Å²) < 4.78 is 10.3. The van der Waals surface area contributed by atoms with Gasteiger partial charge in [0.05, 0.1) is 20.3 Å². The Morgan fingerprint density at radius 3 is 2.37 bits per heavy atom. The minimum absolute atomic E-state index is 0.117. The summed E-state index contributed by atoms with van der Waals surface area (Å²) in [6.07, 6.45) is -0.998. The highest BCUT2D eigenvalue weighted by atomic mass is 16.5. The summed E-state index contributed by atoms with van der Waals surface area (Å²) in [7, 11) is 3.01. The summed E-state index contributed by atoms with van der Waals surface area (Å²) in [6.45, 7) is 3.62. The molecule has 0 saturated carbocycles. The minimum Gasteiger partial charge on any atom is -0.493 e. The molecular formula is C20H24N2O5. The fourth-order valence-corrected chi connectivity index (χ4v) is 2.50. The molecule has 144 valence electrons. The third-order valence-electron chi connectivity index (χ3n) is 4.10. The van der Waals surface area contributed by atoms with Gasteiger partial charge in [0, 0.05) is 12.2 Å². The van der Waals surface area contributed by atoms with Gasteiger partial charge in [-0.1, -0.05) is 18.2 Å². The Hall–Kier alpha value is -3.06. The summed E-state index contributed by atoms with van der Waals surface area (Å²) in [5.41, 5.74) is 2.94. The second kappa shape index (κ2) is 9.05. The average molecular weight is 372 g/mol. The highest BCUT2D eigenvalue weighted by Crippen LogP contribution is 2.29. The molecule has 0 heterocycles. The molecule has 2 rings (SSSR count). The minimum atomic E-state index is -0.998. The van der Waals surface area contributed by atoms with E-state index in [2.05, 4.69) is 10.6 Å². The third-order valence-corrected chi connectivity index (χ3v) is 4.10. The van der Waals surface area contributed by atoms with Crippen molar-refractivity contribution >= 4 is 17.5 Å². The molecule has 2 aromatic rings. The van der Waals surface area contributed by atoms with Gasteiger partial charge in [0.2, 0.25) is 0 Å². The van der Waals surface area contributed by atoms with E-state index < -0.39 is 17.9 Å². The first-order valence-electron chi connectivity index (χ1n) is 8.42. The largest absolute Gasteiger partial charge is 0.493 e. The van der Waals surface area contributed by atoms with Crippen LogP contribution in [0, 0.1) is 13.8 Å². The first-order chi connectivity index (χ1) is 12.8. The Bertz CT molecular complexity index is 835. The summed E-state index contributed by atoms with van der Waals surface area (Å²) in [5.74, 6) is -0.614. The zero-order valence-corrected chi connectivity index (χ0v) is 15.8. The lowest BCUT2D eigenvalue weighted by molar-refractivity contribution is -0.136. The first-order valence-corrected chi connectivity index (χ1v) is 8.42. The zero-order valence-electron chi connectivity index (χ0n) is 15.8. The molecule has 0 saturated heterocycles. The van der Waals surface area contributed by atoms with Crippen molar-refractivity contribution in [3.8, 4) is 11.5 Å². The van der Waals surface area contributed by atoms with Crippen LogP contribution in [0.5, 0.6) is 11.5 Å². The van der Waals surface area contributed by atoms with Crippen molar-refractivity contribution in [3.63, 3.8) is 0 Å². The lowest BCUT2D eigenvalue weighted by Gasteiger charge is -2.15. The molecule has 0 aliphatic heterocycles. The van der Waals surface area contributed by atoms with Crippen LogP contribution in [0.3, 0.4) is 0 Å². The fourth-order valence-electron chi connectivity index (χ4n) is 2.50. The molecule has 0 fully saturated rings. The Morgan fingerprint density at radius 2 is 1.70 bits per heavy atom. The van der Waals surface area contributed by atoms with Crippen LogP contribution in [0.2, 0.25) is 0 Å². The predicted octanol–water partition coefficient (Wildman–Crippen LogP) is 2.11. The molecule has 3 N–H and O–H groups in total. The lowest BCUT2D eigenvalue weighted by atomic mass is 10.1. The van der Waals surface area contributed by atoms with Crippen molar-refractivity contribution in [1.82, 2.24) is 5.32 Å². The number of amides is 2. The predicted molar refractivity (Wildman–Crippen MR) is 102 cm³/mol. The molecule has 0 radical (unpaired) electrons. The van der Waals surface area contributed by atoms with E-state index in [1.54, 1.807) is 24.3 Å². The van der Waals surface area contributed by atoms with Crippen molar-refractivity contribution in [2.75, 3.05) is 26.1 Å². The van der Waals surface area contributed by atoms with E-state index in [0.29, 0.717) is 22.7 Å².